The van der Waals surface area contributed by atoms with Gasteiger partial charge in [0.2, 0.25) is 0 Å². The number of nitrogens with zero attached hydrogens (tertiary/aromatic N) is 2. The van der Waals surface area contributed by atoms with Crippen LogP contribution in [0.3, 0.4) is 0 Å². The molecule has 2 aromatic rings. The normalized spacial score (nSPS) is 9.83. The van der Waals surface area contributed by atoms with Gasteiger partial charge in [-0.1, -0.05) is 15.9 Å². The lowest BCUT2D eigenvalue weighted by Gasteiger charge is -2.05. The van der Waals surface area contributed by atoms with Gasteiger partial charge < -0.3 is 5.32 Å². The molecule has 0 bridgehead atoms. The fourth-order valence-corrected chi connectivity index (χ4v) is 2.26. The number of anilines is 1. The monoisotopic (exact) mass is 416 g/mol. The largest absolute Gasteiger partial charge is 0.306 e. The molecule has 0 aliphatic rings. The summed E-state index contributed by atoms with van der Waals surface area (Å²) >= 11 is 5.39. The smallest absolute Gasteiger partial charge is 0.257 e. The van der Waals surface area contributed by atoms with Gasteiger partial charge in [-0.25, -0.2) is 0 Å². The van der Waals surface area contributed by atoms with Crippen molar-refractivity contribution in [1.29, 1.82) is 5.26 Å². The van der Waals surface area contributed by atoms with Crippen LogP contribution >= 0.6 is 38.5 Å². The van der Waals surface area contributed by atoms with E-state index in [-0.39, 0.29) is 5.91 Å². The lowest BCUT2D eigenvalue weighted by molar-refractivity contribution is 0.102. The van der Waals surface area contributed by atoms with Crippen LogP contribution in [0.15, 0.2) is 28.9 Å². The SMILES string of the molecule is N#Cc1cn[nH]c1NC(=O)c1cc(Br)ccc1I. The van der Waals surface area contributed by atoms with Crippen LogP contribution in [0.2, 0.25) is 0 Å². The molecule has 18 heavy (non-hydrogen) atoms. The highest BCUT2D eigenvalue weighted by Crippen LogP contribution is 2.20. The Labute approximate surface area is 125 Å². The predicted octanol–water partition coefficient (Wildman–Crippen LogP) is 2.90. The molecule has 0 unspecified atom stereocenters. The Hall–Kier alpha value is -1.40. The summed E-state index contributed by atoms with van der Waals surface area (Å²) < 4.78 is 1.64. The second kappa shape index (κ2) is 5.49. The standard InChI is InChI=1S/C11H6BrIN4O/c12-7-1-2-9(13)8(3-7)11(18)16-10-6(4-14)5-15-17-10/h1-3,5H,(H2,15,16,17,18). The minimum Gasteiger partial charge on any atom is -0.306 e. The van der Waals surface area contributed by atoms with E-state index in [0.29, 0.717) is 16.9 Å². The van der Waals surface area contributed by atoms with Crippen molar-refractivity contribution in [1.82, 2.24) is 10.2 Å². The van der Waals surface area contributed by atoms with Gasteiger partial charge in [-0.15, -0.1) is 0 Å². The molecule has 5 nitrogen and oxygen atoms in total. The molecule has 1 aromatic heterocycles. The number of hydrogen-bond donors (Lipinski definition) is 2. The highest BCUT2D eigenvalue weighted by Gasteiger charge is 2.13. The van der Waals surface area contributed by atoms with Gasteiger partial charge in [-0.2, -0.15) is 10.4 Å². The Kier molecular flexibility index (Phi) is 3.98. The number of aromatic amines is 1. The first-order chi connectivity index (χ1) is 8.61. The number of aromatic nitrogens is 2. The fraction of sp³-hybridized carbons (Fsp3) is 0. The Morgan fingerprint density at radius 2 is 2.33 bits per heavy atom. The van der Waals surface area contributed by atoms with Crippen molar-refractivity contribution in [3.05, 3.63) is 43.6 Å². The first-order valence-corrected chi connectivity index (χ1v) is 6.69. The van der Waals surface area contributed by atoms with E-state index in [0.717, 1.165) is 8.04 Å². The number of carbonyl (C=O) groups excluding carboxylic acids is 1. The van der Waals surface area contributed by atoms with Gasteiger partial charge in [0.05, 0.1) is 11.8 Å². The topological polar surface area (TPSA) is 81.6 Å². The Balaban J connectivity index is 2.28. The summed E-state index contributed by atoms with van der Waals surface area (Å²) in [6.45, 7) is 0. The minimum atomic E-state index is -0.290. The fourth-order valence-electron chi connectivity index (χ4n) is 1.32. The third-order valence-corrected chi connectivity index (χ3v) is 3.61. The van der Waals surface area contributed by atoms with E-state index in [1.807, 2.05) is 18.2 Å². The summed E-state index contributed by atoms with van der Waals surface area (Å²) in [5.74, 6) is 0.0136. The highest BCUT2D eigenvalue weighted by atomic mass is 127. The summed E-state index contributed by atoms with van der Waals surface area (Å²) in [6, 6.07) is 7.35. The second-order valence-electron chi connectivity index (χ2n) is 3.35. The average Bonchev–Trinajstić information content (AvgIpc) is 2.79. The molecule has 0 aliphatic heterocycles. The van der Waals surface area contributed by atoms with Crippen LogP contribution in [0.4, 0.5) is 5.82 Å². The average molecular weight is 417 g/mol. The molecule has 0 atom stereocenters. The molecule has 0 saturated carbocycles. The van der Waals surface area contributed by atoms with Crippen molar-refractivity contribution < 1.29 is 4.79 Å². The number of rotatable bonds is 2. The third-order valence-electron chi connectivity index (χ3n) is 2.17. The van der Waals surface area contributed by atoms with Crippen molar-refractivity contribution in [3.63, 3.8) is 0 Å². The molecule has 7 heteroatoms. The molecule has 0 saturated heterocycles. The number of nitriles is 1. The van der Waals surface area contributed by atoms with Crippen LogP contribution in [0, 0.1) is 14.9 Å². The summed E-state index contributed by atoms with van der Waals surface area (Å²) in [5.41, 5.74) is 0.830. The number of nitrogens with one attached hydrogen (secondary N) is 2. The van der Waals surface area contributed by atoms with E-state index >= 15 is 0 Å². The second-order valence-corrected chi connectivity index (χ2v) is 5.43. The van der Waals surface area contributed by atoms with Gasteiger partial charge in [0, 0.05) is 8.04 Å². The summed E-state index contributed by atoms with van der Waals surface area (Å²) in [4.78, 5) is 12.1. The van der Waals surface area contributed by atoms with Gasteiger partial charge in [0.25, 0.3) is 5.91 Å². The van der Waals surface area contributed by atoms with Crippen molar-refractivity contribution in [2.45, 2.75) is 0 Å². The number of halogens is 2. The maximum atomic E-state index is 12.1. The molecule has 0 aliphatic carbocycles. The number of carbonyl (C=O) groups is 1. The van der Waals surface area contributed by atoms with E-state index in [2.05, 4.69) is 54.0 Å². The molecular weight excluding hydrogens is 411 g/mol. The quantitative estimate of drug-likeness (QED) is 0.738. The highest BCUT2D eigenvalue weighted by molar-refractivity contribution is 14.1. The molecule has 1 amide bonds. The zero-order chi connectivity index (χ0) is 13.1. The Morgan fingerprint density at radius 3 is 3.06 bits per heavy atom. The van der Waals surface area contributed by atoms with Gasteiger partial charge in [-0.3, -0.25) is 9.89 Å². The molecule has 1 aromatic carbocycles. The third kappa shape index (κ3) is 2.70. The summed E-state index contributed by atoms with van der Waals surface area (Å²) in [6.07, 6.45) is 1.36. The van der Waals surface area contributed by atoms with Crippen molar-refractivity contribution in [3.8, 4) is 6.07 Å². The summed E-state index contributed by atoms with van der Waals surface area (Å²) in [7, 11) is 0. The predicted molar refractivity (Wildman–Crippen MR) is 78.1 cm³/mol. The number of amides is 1. The minimum absolute atomic E-state index is 0.290. The van der Waals surface area contributed by atoms with Crippen LogP contribution in [0.25, 0.3) is 0 Å². The molecule has 1 heterocycles. The molecule has 90 valence electrons. The van der Waals surface area contributed by atoms with Crippen LogP contribution in [0.5, 0.6) is 0 Å². The first-order valence-electron chi connectivity index (χ1n) is 4.81. The Bertz CT molecular complexity index is 647. The molecule has 2 rings (SSSR count). The lowest BCUT2D eigenvalue weighted by Crippen LogP contribution is -2.14. The van der Waals surface area contributed by atoms with Gasteiger partial charge in [0.15, 0.2) is 0 Å². The number of hydrogen-bond acceptors (Lipinski definition) is 3. The molecule has 0 fully saturated rings. The van der Waals surface area contributed by atoms with Crippen molar-refractivity contribution in [2.24, 2.45) is 0 Å². The number of benzene rings is 1. The maximum absolute atomic E-state index is 12.1. The van der Waals surface area contributed by atoms with Gasteiger partial charge >= 0.3 is 0 Å². The van der Waals surface area contributed by atoms with Crippen molar-refractivity contribution in [2.75, 3.05) is 5.32 Å². The Morgan fingerprint density at radius 1 is 1.56 bits per heavy atom. The molecule has 0 radical (unpaired) electrons. The zero-order valence-electron chi connectivity index (χ0n) is 8.87. The first kappa shape index (κ1) is 13.0. The zero-order valence-corrected chi connectivity index (χ0v) is 12.6. The van der Waals surface area contributed by atoms with E-state index in [9.17, 15) is 4.79 Å². The lowest BCUT2D eigenvalue weighted by atomic mass is 10.2. The number of H-pyrrole nitrogens is 1. The van der Waals surface area contributed by atoms with E-state index in [4.69, 9.17) is 5.26 Å². The molecule has 2 N–H and O–H groups in total. The molecule has 0 spiro atoms. The summed E-state index contributed by atoms with van der Waals surface area (Å²) in [5, 5.41) is 17.7. The van der Waals surface area contributed by atoms with Crippen LogP contribution in [0.1, 0.15) is 15.9 Å². The van der Waals surface area contributed by atoms with Gasteiger partial charge in [0.1, 0.15) is 17.5 Å². The van der Waals surface area contributed by atoms with Crippen LogP contribution in [-0.4, -0.2) is 16.1 Å². The van der Waals surface area contributed by atoms with Crippen LogP contribution in [-0.2, 0) is 0 Å². The van der Waals surface area contributed by atoms with E-state index in [1.54, 1.807) is 6.07 Å². The van der Waals surface area contributed by atoms with E-state index in [1.165, 1.54) is 6.20 Å². The van der Waals surface area contributed by atoms with Crippen LogP contribution < -0.4 is 5.32 Å². The molecular formula is C11H6BrIN4O. The maximum Gasteiger partial charge on any atom is 0.257 e. The van der Waals surface area contributed by atoms with Gasteiger partial charge in [-0.05, 0) is 40.8 Å². The van der Waals surface area contributed by atoms with E-state index < -0.39 is 0 Å². The van der Waals surface area contributed by atoms with Crippen molar-refractivity contribution >= 4 is 50.2 Å².